The molecule has 5 aliphatic rings. The largest absolute Gasteiger partial charge is 0.438 e. The molecule has 6 rings (SSSR count). The number of carbonyl (C=O) groups is 3. The molecule has 0 spiro atoms. The van der Waals surface area contributed by atoms with E-state index >= 15 is 0 Å². The number of Topliss-reactive ketones (excluding diaryl/α,β-unsaturated/α-hetero) is 1. The van der Waals surface area contributed by atoms with Gasteiger partial charge in [-0.1, -0.05) is 51.2 Å². The number of hydrogen-bond donors (Lipinski definition) is 0. The number of carbonyl (C=O) groups excluding carboxylic acids is 3. The Hall–Kier alpha value is -2.44. The average molecular weight is 567 g/mol. The number of nitrogens with zero attached hydrogens (tertiary/aromatic N) is 2. The molecule has 0 aromatic heterocycles. The molecule has 0 radical (unpaired) electrons. The summed E-state index contributed by atoms with van der Waals surface area (Å²) in [6, 6.07) is 5.50. The minimum absolute atomic E-state index is 0.0463. The van der Waals surface area contributed by atoms with Crippen molar-refractivity contribution in [1.29, 1.82) is 0 Å². The van der Waals surface area contributed by atoms with Crippen LogP contribution in [0.1, 0.15) is 96.1 Å². The maximum absolute atomic E-state index is 14.2. The highest BCUT2D eigenvalue weighted by Gasteiger charge is 2.52. The Morgan fingerprint density at radius 3 is 2.49 bits per heavy atom. The summed E-state index contributed by atoms with van der Waals surface area (Å²) in [5, 5.41) is 0. The molecule has 0 N–H and O–H groups in total. The molecule has 2 saturated carbocycles. The van der Waals surface area contributed by atoms with Gasteiger partial charge in [-0.3, -0.25) is 14.0 Å². The number of esters is 1. The molecular weight excluding hydrogens is 519 g/mol. The first-order valence-corrected chi connectivity index (χ1v) is 16.2. The Kier molecular flexibility index (Phi) is 7.92. The minimum Gasteiger partial charge on any atom is -0.438 e. The highest BCUT2D eigenvalue weighted by molar-refractivity contribution is 5.92. The highest BCUT2D eigenvalue weighted by Crippen LogP contribution is 2.44. The zero-order valence-electron chi connectivity index (χ0n) is 25.1. The third kappa shape index (κ3) is 5.31. The van der Waals surface area contributed by atoms with Gasteiger partial charge in [0.2, 0.25) is 5.91 Å². The zero-order chi connectivity index (χ0) is 28.9. The molecule has 1 amide bonds. The number of rotatable bonds is 7. The molecule has 2 saturated heterocycles. The molecule has 2 aliphatic carbocycles. The first-order valence-electron chi connectivity index (χ1n) is 16.2. The van der Waals surface area contributed by atoms with Gasteiger partial charge in [0, 0.05) is 31.0 Å². The van der Waals surface area contributed by atoms with Crippen molar-refractivity contribution >= 4 is 23.3 Å². The Morgan fingerprint density at radius 2 is 1.78 bits per heavy atom. The van der Waals surface area contributed by atoms with E-state index in [2.05, 4.69) is 11.0 Å². The summed E-state index contributed by atoms with van der Waals surface area (Å²) < 4.78 is 18.8. The van der Waals surface area contributed by atoms with Gasteiger partial charge in [0.1, 0.15) is 6.04 Å². The number of amides is 1. The van der Waals surface area contributed by atoms with Crippen molar-refractivity contribution in [3.8, 4) is 0 Å². The summed E-state index contributed by atoms with van der Waals surface area (Å²) in [5.74, 6) is 1.25. The number of ether oxygens (including phenoxy) is 1. The molecule has 6 nitrogen and oxygen atoms in total. The number of likely N-dealkylation sites (tertiary alicyclic amines) is 1. The predicted molar refractivity (Wildman–Crippen MR) is 156 cm³/mol. The monoisotopic (exact) mass is 566 g/mol. The number of anilines is 1. The quantitative estimate of drug-likeness (QED) is 0.377. The first-order chi connectivity index (χ1) is 19.7. The van der Waals surface area contributed by atoms with Crippen LogP contribution in [-0.2, 0) is 32.0 Å². The predicted octanol–water partition coefficient (Wildman–Crippen LogP) is 6.03. The summed E-state index contributed by atoms with van der Waals surface area (Å²) in [6.45, 7) is 6.20. The number of cyclic esters (lactones) is 1. The van der Waals surface area contributed by atoms with Crippen molar-refractivity contribution in [3.05, 3.63) is 29.3 Å². The van der Waals surface area contributed by atoms with Crippen LogP contribution in [0.15, 0.2) is 18.2 Å². The number of ketones is 1. The molecule has 1 unspecified atom stereocenters. The highest BCUT2D eigenvalue weighted by atomic mass is 19.1. The van der Waals surface area contributed by atoms with Gasteiger partial charge in [-0.25, -0.2) is 4.79 Å². The van der Waals surface area contributed by atoms with E-state index in [9.17, 15) is 18.8 Å². The van der Waals surface area contributed by atoms with Crippen molar-refractivity contribution in [2.45, 2.75) is 116 Å². The lowest BCUT2D eigenvalue weighted by molar-refractivity contribution is -0.146. The van der Waals surface area contributed by atoms with Crippen LogP contribution in [0.4, 0.5) is 10.1 Å². The lowest BCUT2D eigenvalue weighted by Gasteiger charge is -2.37. The maximum Gasteiger partial charge on any atom is 0.331 e. The van der Waals surface area contributed by atoms with Gasteiger partial charge in [-0.2, -0.15) is 0 Å². The Labute approximate surface area is 244 Å². The van der Waals surface area contributed by atoms with Gasteiger partial charge >= 0.3 is 5.97 Å². The Bertz CT molecular complexity index is 1170. The second-order valence-corrected chi connectivity index (χ2v) is 14.1. The minimum atomic E-state index is -0.675. The molecule has 4 fully saturated rings. The van der Waals surface area contributed by atoms with Crippen LogP contribution in [0.3, 0.4) is 0 Å². The molecule has 41 heavy (non-hydrogen) atoms. The molecule has 0 bridgehead atoms. The molecular formula is C34H47FN2O4. The first kappa shape index (κ1) is 28.7. The summed E-state index contributed by atoms with van der Waals surface area (Å²) in [5.41, 5.74) is 2.39. The number of halogens is 1. The topological polar surface area (TPSA) is 66.9 Å². The van der Waals surface area contributed by atoms with E-state index in [4.69, 9.17) is 4.74 Å². The maximum atomic E-state index is 14.2. The number of fused-ring (bicyclic) bond motifs is 3. The van der Waals surface area contributed by atoms with Crippen LogP contribution in [0.25, 0.3) is 0 Å². The smallest absolute Gasteiger partial charge is 0.331 e. The van der Waals surface area contributed by atoms with Crippen molar-refractivity contribution in [1.82, 2.24) is 4.90 Å². The second kappa shape index (κ2) is 11.3. The Balaban J connectivity index is 1.19. The van der Waals surface area contributed by atoms with Gasteiger partial charge < -0.3 is 14.5 Å². The molecule has 7 heteroatoms. The van der Waals surface area contributed by atoms with E-state index in [0.717, 1.165) is 61.8 Å². The van der Waals surface area contributed by atoms with Crippen LogP contribution in [-0.4, -0.2) is 53.6 Å². The van der Waals surface area contributed by atoms with Gasteiger partial charge in [0.15, 0.2) is 11.5 Å². The molecule has 4 atom stereocenters. The molecule has 3 heterocycles. The Morgan fingerprint density at radius 1 is 1.05 bits per heavy atom. The third-order valence-corrected chi connectivity index (χ3v) is 11.2. The number of benzene rings is 1. The molecule has 3 aliphatic heterocycles. The second-order valence-electron chi connectivity index (χ2n) is 14.1. The van der Waals surface area contributed by atoms with Crippen LogP contribution >= 0.6 is 0 Å². The van der Waals surface area contributed by atoms with E-state index in [1.54, 1.807) is 0 Å². The number of hydrogen-bond acceptors (Lipinski definition) is 5. The van der Waals surface area contributed by atoms with Crippen LogP contribution in [0.2, 0.25) is 0 Å². The molecule has 1 aromatic rings. The van der Waals surface area contributed by atoms with Crippen LogP contribution < -0.4 is 4.90 Å². The van der Waals surface area contributed by atoms with Crippen LogP contribution in [0, 0.1) is 29.6 Å². The van der Waals surface area contributed by atoms with E-state index < -0.39 is 5.72 Å². The fourth-order valence-corrected chi connectivity index (χ4v) is 8.97. The van der Waals surface area contributed by atoms with Crippen molar-refractivity contribution in [2.75, 3.05) is 18.1 Å². The summed E-state index contributed by atoms with van der Waals surface area (Å²) in [7, 11) is 0. The summed E-state index contributed by atoms with van der Waals surface area (Å²) >= 11 is 0. The lowest BCUT2D eigenvalue weighted by atomic mass is 9.74. The van der Waals surface area contributed by atoms with Gasteiger partial charge in [-0.15, -0.1) is 0 Å². The zero-order valence-corrected chi connectivity index (χ0v) is 25.1. The standard InChI is InChI=1S/C34H47FN2O4/c1-21(20-35)23-10-12-25(13-11-23)32(39)36-16-15-27(24-7-5-4-6-8-24)31(36)30(38)18-22-9-14-28-26(17-22)19-29-33(40)41-34(2,3)37(28)29/h9,14,17,21,23-25,27,29,31H,4-8,10-13,15-16,18-20H2,1-3H3/t21-,23?,25?,27+,29?,31+/m1/s1. The lowest BCUT2D eigenvalue weighted by Crippen LogP contribution is -2.48. The fraction of sp³-hybridized carbons (Fsp3) is 0.735. The fourth-order valence-electron chi connectivity index (χ4n) is 8.97. The van der Waals surface area contributed by atoms with Crippen molar-refractivity contribution < 1.29 is 23.5 Å². The average Bonchev–Trinajstić information content (AvgIpc) is 3.65. The summed E-state index contributed by atoms with van der Waals surface area (Å²) in [4.78, 5) is 44.6. The van der Waals surface area contributed by atoms with Crippen molar-refractivity contribution in [2.24, 2.45) is 29.6 Å². The molecule has 1 aromatic carbocycles. The van der Waals surface area contributed by atoms with E-state index in [-0.39, 0.29) is 54.2 Å². The van der Waals surface area contributed by atoms with Crippen molar-refractivity contribution in [3.63, 3.8) is 0 Å². The third-order valence-electron chi connectivity index (χ3n) is 11.2. The van der Waals surface area contributed by atoms with Crippen LogP contribution in [0.5, 0.6) is 0 Å². The van der Waals surface area contributed by atoms with Gasteiger partial charge in [-0.05, 0) is 86.8 Å². The van der Waals surface area contributed by atoms with E-state index in [1.807, 2.05) is 37.8 Å². The van der Waals surface area contributed by atoms with E-state index in [1.165, 1.54) is 19.3 Å². The summed E-state index contributed by atoms with van der Waals surface area (Å²) in [6.07, 6.45) is 11.3. The normalized spacial score (nSPS) is 32.0. The van der Waals surface area contributed by atoms with E-state index in [0.29, 0.717) is 31.2 Å². The van der Waals surface area contributed by atoms with Gasteiger partial charge in [0.25, 0.3) is 0 Å². The number of alkyl halides is 1. The molecule has 224 valence electrons. The SMILES string of the molecule is C[C@H](CF)C1CCC(C(=O)N2CC[C@@H](C3CCCCC3)[C@H]2C(=O)Cc2ccc3c(c2)CC2C(=O)OC(C)(C)N32)CC1. The van der Waals surface area contributed by atoms with Gasteiger partial charge in [0.05, 0.1) is 12.7 Å².